The summed E-state index contributed by atoms with van der Waals surface area (Å²) >= 11 is 3.38. The van der Waals surface area contributed by atoms with E-state index >= 15 is 0 Å². The second-order valence-electron chi connectivity index (χ2n) is 4.27. The van der Waals surface area contributed by atoms with Crippen LogP contribution < -0.4 is 5.32 Å². The Morgan fingerprint density at radius 3 is 3.00 bits per heavy atom. The zero-order valence-electron chi connectivity index (χ0n) is 9.62. The van der Waals surface area contributed by atoms with E-state index in [-0.39, 0.29) is 5.97 Å². The molecule has 0 unspecified atom stereocenters. The first-order chi connectivity index (χ1) is 8.24. The largest absolute Gasteiger partial charge is 0.461 e. The Morgan fingerprint density at radius 1 is 1.47 bits per heavy atom. The quantitative estimate of drug-likeness (QED) is 0.821. The van der Waals surface area contributed by atoms with Gasteiger partial charge in [0.05, 0.1) is 6.42 Å². The van der Waals surface area contributed by atoms with Crippen molar-refractivity contribution in [1.82, 2.24) is 5.32 Å². The Kier molecular flexibility index (Phi) is 4.57. The van der Waals surface area contributed by atoms with Gasteiger partial charge in [-0.15, -0.1) is 0 Å². The van der Waals surface area contributed by atoms with Gasteiger partial charge in [0.2, 0.25) is 0 Å². The Labute approximate surface area is 110 Å². The van der Waals surface area contributed by atoms with E-state index in [2.05, 4.69) is 21.2 Å². The molecule has 0 atom stereocenters. The summed E-state index contributed by atoms with van der Waals surface area (Å²) in [5.74, 6) is -0.141. The molecule has 0 aromatic heterocycles. The van der Waals surface area contributed by atoms with Crippen molar-refractivity contribution < 1.29 is 9.53 Å². The van der Waals surface area contributed by atoms with Gasteiger partial charge in [0.1, 0.15) is 6.61 Å². The summed E-state index contributed by atoms with van der Waals surface area (Å²) in [5, 5.41) is 3.29. The fourth-order valence-corrected chi connectivity index (χ4v) is 1.98. The van der Waals surface area contributed by atoms with Gasteiger partial charge in [0, 0.05) is 17.1 Å². The van der Waals surface area contributed by atoms with Crippen LogP contribution in [-0.2, 0) is 16.1 Å². The van der Waals surface area contributed by atoms with Crippen LogP contribution in [0.3, 0.4) is 0 Å². The van der Waals surface area contributed by atoms with Gasteiger partial charge in [0.25, 0.3) is 0 Å². The van der Waals surface area contributed by atoms with Crippen LogP contribution in [0.5, 0.6) is 0 Å². The minimum Gasteiger partial charge on any atom is -0.461 e. The average Bonchev–Trinajstić information content (AvgIpc) is 3.11. The van der Waals surface area contributed by atoms with Crippen LogP contribution in [-0.4, -0.2) is 18.6 Å². The van der Waals surface area contributed by atoms with Gasteiger partial charge >= 0.3 is 5.97 Å². The Bertz CT molecular complexity index is 391. The predicted octanol–water partition coefficient (Wildman–Crippen LogP) is 2.63. The van der Waals surface area contributed by atoms with Crippen LogP contribution in [0.2, 0.25) is 0 Å². The van der Waals surface area contributed by atoms with Gasteiger partial charge in [0.15, 0.2) is 0 Å². The molecule has 0 radical (unpaired) electrons. The molecule has 92 valence electrons. The number of halogens is 1. The lowest BCUT2D eigenvalue weighted by molar-refractivity contribution is -0.144. The highest BCUT2D eigenvalue weighted by Crippen LogP contribution is 2.18. The number of rotatable bonds is 6. The molecule has 0 saturated heterocycles. The zero-order valence-corrected chi connectivity index (χ0v) is 11.2. The lowest BCUT2D eigenvalue weighted by Crippen LogP contribution is -2.21. The zero-order chi connectivity index (χ0) is 12.1. The van der Waals surface area contributed by atoms with Gasteiger partial charge in [-0.25, -0.2) is 0 Å². The normalized spacial score (nSPS) is 14.6. The molecule has 3 nitrogen and oxygen atoms in total. The van der Waals surface area contributed by atoms with Crippen molar-refractivity contribution in [2.24, 2.45) is 0 Å². The number of hydrogen-bond acceptors (Lipinski definition) is 3. The molecule has 2 rings (SSSR count). The summed E-state index contributed by atoms with van der Waals surface area (Å²) in [5.41, 5.74) is 1.00. The summed E-state index contributed by atoms with van der Waals surface area (Å²) < 4.78 is 6.19. The monoisotopic (exact) mass is 297 g/mol. The van der Waals surface area contributed by atoms with Crippen molar-refractivity contribution >= 4 is 21.9 Å². The lowest BCUT2D eigenvalue weighted by Gasteiger charge is -2.06. The molecular weight excluding hydrogens is 282 g/mol. The van der Waals surface area contributed by atoms with Crippen LogP contribution in [0.25, 0.3) is 0 Å². The van der Waals surface area contributed by atoms with Gasteiger partial charge in [-0.2, -0.15) is 0 Å². The SMILES string of the molecule is O=C(CCNC1CC1)OCc1cccc(Br)c1. The van der Waals surface area contributed by atoms with Gasteiger partial charge in [-0.3, -0.25) is 4.79 Å². The van der Waals surface area contributed by atoms with E-state index in [1.165, 1.54) is 12.8 Å². The molecule has 1 N–H and O–H groups in total. The molecule has 0 amide bonds. The summed E-state index contributed by atoms with van der Waals surface area (Å²) in [6, 6.07) is 8.43. The predicted molar refractivity (Wildman–Crippen MR) is 69.6 cm³/mol. The van der Waals surface area contributed by atoms with E-state index < -0.39 is 0 Å². The first-order valence-electron chi connectivity index (χ1n) is 5.87. The van der Waals surface area contributed by atoms with Crippen LogP contribution in [0.4, 0.5) is 0 Å². The van der Waals surface area contributed by atoms with E-state index in [4.69, 9.17) is 4.74 Å². The van der Waals surface area contributed by atoms with E-state index in [1.807, 2.05) is 24.3 Å². The average molecular weight is 298 g/mol. The topological polar surface area (TPSA) is 38.3 Å². The maximum absolute atomic E-state index is 11.4. The second kappa shape index (κ2) is 6.17. The van der Waals surface area contributed by atoms with Crippen molar-refractivity contribution in [2.75, 3.05) is 6.54 Å². The van der Waals surface area contributed by atoms with E-state index in [0.717, 1.165) is 16.6 Å². The molecule has 0 bridgehead atoms. The Balaban J connectivity index is 1.64. The molecule has 0 spiro atoms. The molecule has 0 aliphatic heterocycles. The fraction of sp³-hybridized carbons (Fsp3) is 0.462. The van der Waals surface area contributed by atoms with Crippen LogP contribution in [0.1, 0.15) is 24.8 Å². The van der Waals surface area contributed by atoms with E-state index in [9.17, 15) is 4.79 Å². The Morgan fingerprint density at radius 2 is 2.29 bits per heavy atom. The van der Waals surface area contributed by atoms with Crippen molar-refractivity contribution in [3.63, 3.8) is 0 Å². The third-order valence-electron chi connectivity index (χ3n) is 2.63. The summed E-state index contributed by atoms with van der Waals surface area (Å²) in [7, 11) is 0. The van der Waals surface area contributed by atoms with E-state index in [0.29, 0.717) is 19.1 Å². The second-order valence-corrected chi connectivity index (χ2v) is 5.18. The van der Waals surface area contributed by atoms with Crippen molar-refractivity contribution in [3.8, 4) is 0 Å². The summed E-state index contributed by atoms with van der Waals surface area (Å²) in [6.07, 6.45) is 2.94. The maximum atomic E-state index is 11.4. The fourth-order valence-electron chi connectivity index (χ4n) is 1.53. The van der Waals surface area contributed by atoms with Crippen molar-refractivity contribution in [1.29, 1.82) is 0 Å². The number of hydrogen-bond donors (Lipinski definition) is 1. The summed E-state index contributed by atoms with van der Waals surface area (Å²) in [4.78, 5) is 11.4. The number of benzene rings is 1. The van der Waals surface area contributed by atoms with Crippen molar-refractivity contribution in [2.45, 2.75) is 31.9 Å². The number of carbonyl (C=O) groups excluding carboxylic acids is 1. The van der Waals surface area contributed by atoms with Gasteiger partial charge < -0.3 is 10.1 Å². The number of ether oxygens (including phenoxy) is 1. The molecule has 1 fully saturated rings. The standard InChI is InChI=1S/C13H16BrNO2/c14-11-3-1-2-10(8-11)9-17-13(16)6-7-15-12-4-5-12/h1-3,8,12,15H,4-7,9H2. The molecule has 1 aromatic carbocycles. The smallest absolute Gasteiger partial charge is 0.307 e. The van der Waals surface area contributed by atoms with Gasteiger partial charge in [-0.05, 0) is 30.5 Å². The highest BCUT2D eigenvalue weighted by Gasteiger charge is 2.20. The number of nitrogens with one attached hydrogen (secondary N) is 1. The molecule has 1 aliphatic carbocycles. The molecule has 17 heavy (non-hydrogen) atoms. The Hall–Kier alpha value is -0.870. The minimum absolute atomic E-state index is 0.141. The highest BCUT2D eigenvalue weighted by molar-refractivity contribution is 9.10. The molecule has 1 aliphatic rings. The number of carbonyl (C=O) groups is 1. The third-order valence-corrected chi connectivity index (χ3v) is 3.12. The molecule has 4 heteroatoms. The minimum atomic E-state index is -0.141. The first kappa shape index (κ1) is 12.6. The third kappa shape index (κ3) is 4.88. The lowest BCUT2D eigenvalue weighted by atomic mass is 10.2. The molecule has 1 aromatic rings. The van der Waals surface area contributed by atoms with E-state index in [1.54, 1.807) is 0 Å². The number of esters is 1. The van der Waals surface area contributed by atoms with Crippen molar-refractivity contribution in [3.05, 3.63) is 34.3 Å². The first-order valence-corrected chi connectivity index (χ1v) is 6.67. The van der Waals surface area contributed by atoms with Crippen LogP contribution in [0.15, 0.2) is 28.7 Å². The van der Waals surface area contributed by atoms with Crippen LogP contribution >= 0.6 is 15.9 Å². The molecule has 0 heterocycles. The highest BCUT2D eigenvalue weighted by atomic mass is 79.9. The summed E-state index contributed by atoms with van der Waals surface area (Å²) in [6.45, 7) is 1.07. The van der Waals surface area contributed by atoms with Crippen LogP contribution in [0, 0.1) is 0 Å². The molecule has 1 saturated carbocycles. The maximum Gasteiger partial charge on any atom is 0.307 e. The van der Waals surface area contributed by atoms with Gasteiger partial charge in [-0.1, -0.05) is 28.1 Å². The molecular formula is C13H16BrNO2.